The summed E-state index contributed by atoms with van der Waals surface area (Å²) in [5, 5.41) is 14.1. The minimum Gasteiger partial charge on any atom is -0.376 e. The molecule has 0 unspecified atom stereocenters. The molecule has 106 valence electrons. The van der Waals surface area contributed by atoms with Crippen LogP contribution in [0.2, 0.25) is 0 Å². The highest BCUT2D eigenvalue weighted by Crippen LogP contribution is 2.40. The van der Waals surface area contributed by atoms with Crippen LogP contribution in [0.3, 0.4) is 0 Å². The summed E-state index contributed by atoms with van der Waals surface area (Å²) in [6.07, 6.45) is 3.38. The Kier molecular flexibility index (Phi) is 3.22. The number of hydrogen-bond donors (Lipinski definition) is 3. The van der Waals surface area contributed by atoms with E-state index in [9.17, 15) is 9.59 Å². The lowest BCUT2D eigenvalue weighted by atomic mass is 9.71. The molecule has 1 aliphatic heterocycles. The second kappa shape index (κ2) is 4.90. The predicted molar refractivity (Wildman–Crippen MR) is 73.1 cm³/mol. The molecule has 1 aromatic carbocycles. The van der Waals surface area contributed by atoms with E-state index in [4.69, 9.17) is 5.11 Å². The Morgan fingerprint density at radius 2 is 2.20 bits per heavy atom. The number of benzene rings is 1. The normalized spacial score (nSPS) is 24.4. The third kappa shape index (κ3) is 2.29. The Balaban J connectivity index is 1.86. The van der Waals surface area contributed by atoms with E-state index in [1.807, 2.05) is 12.1 Å². The first kappa shape index (κ1) is 13.1. The molecule has 5 nitrogen and oxygen atoms in total. The molecular weight excluding hydrogens is 256 g/mol. The van der Waals surface area contributed by atoms with Gasteiger partial charge in [0.25, 0.3) is 5.91 Å². The lowest BCUT2D eigenvalue weighted by Crippen LogP contribution is -2.31. The molecule has 1 fully saturated rings. The Bertz CT molecular complexity index is 570. The molecule has 1 spiro atoms. The summed E-state index contributed by atoms with van der Waals surface area (Å²) in [5.74, 6) is -0.141. The molecule has 1 atom stereocenters. The van der Waals surface area contributed by atoms with Crippen LogP contribution in [-0.2, 0) is 17.6 Å². The van der Waals surface area contributed by atoms with Crippen molar-refractivity contribution in [2.75, 3.05) is 13.3 Å². The molecule has 0 saturated carbocycles. The molecule has 3 N–H and O–H groups in total. The number of nitrogens with one attached hydrogen (secondary N) is 2. The van der Waals surface area contributed by atoms with E-state index in [0.717, 1.165) is 31.4 Å². The lowest BCUT2D eigenvalue weighted by molar-refractivity contribution is -0.119. The molecule has 20 heavy (non-hydrogen) atoms. The van der Waals surface area contributed by atoms with Crippen LogP contribution in [0.4, 0.5) is 0 Å². The van der Waals surface area contributed by atoms with E-state index in [1.165, 1.54) is 5.56 Å². The van der Waals surface area contributed by atoms with Crippen molar-refractivity contribution in [3.05, 3.63) is 34.9 Å². The molecule has 2 aliphatic rings. The van der Waals surface area contributed by atoms with Gasteiger partial charge in [-0.15, -0.1) is 0 Å². The quantitative estimate of drug-likeness (QED) is 0.681. The van der Waals surface area contributed by atoms with E-state index < -0.39 is 0 Å². The van der Waals surface area contributed by atoms with Crippen molar-refractivity contribution in [2.45, 2.75) is 25.7 Å². The van der Waals surface area contributed by atoms with Gasteiger partial charge in [-0.1, -0.05) is 6.07 Å². The minimum atomic E-state index is -0.363. The van der Waals surface area contributed by atoms with Crippen molar-refractivity contribution in [1.82, 2.24) is 10.6 Å². The molecule has 1 saturated heterocycles. The maximum Gasteiger partial charge on any atom is 0.253 e. The van der Waals surface area contributed by atoms with Gasteiger partial charge in [-0.2, -0.15) is 0 Å². The highest BCUT2D eigenvalue weighted by molar-refractivity contribution is 5.94. The molecule has 1 aliphatic carbocycles. The van der Waals surface area contributed by atoms with Crippen molar-refractivity contribution >= 4 is 11.8 Å². The molecule has 0 aromatic heterocycles. The van der Waals surface area contributed by atoms with Gasteiger partial charge >= 0.3 is 0 Å². The second-order valence-corrected chi connectivity index (χ2v) is 5.78. The van der Waals surface area contributed by atoms with Crippen LogP contribution in [0.15, 0.2) is 18.2 Å². The first-order chi connectivity index (χ1) is 9.62. The number of aliphatic hydroxyl groups is 1. The Labute approximate surface area is 117 Å². The third-order valence-corrected chi connectivity index (χ3v) is 4.39. The topological polar surface area (TPSA) is 78.4 Å². The van der Waals surface area contributed by atoms with Crippen LogP contribution >= 0.6 is 0 Å². The zero-order chi connectivity index (χ0) is 14.2. The summed E-state index contributed by atoms with van der Waals surface area (Å²) in [7, 11) is 0. The van der Waals surface area contributed by atoms with Crippen LogP contribution in [0.25, 0.3) is 0 Å². The van der Waals surface area contributed by atoms with Crippen LogP contribution in [0.5, 0.6) is 0 Å². The van der Waals surface area contributed by atoms with Gasteiger partial charge in [0.15, 0.2) is 0 Å². The average Bonchev–Trinajstić information content (AvgIpc) is 2.79. The number of hydrogen-bond acceptors (Lipinski definition) is 3. The average molecular weight is 274 g/mol. The largest absolute Gasteiger partial charge is 0.376 e. The summed E-state index contributed by atoms with van der Waals surface area (Å²) in [5.41, 5.74) is 3.00. The summed E-state index contributed by atoms with van der Waals surface area (Å²) >= 11 is 0. The van der Waals surface area contributed by atoms with Gasteiger partial charge in [-0.05, 0) is 42.5 Å². The maximum absolute atomic E-state index is 11.8. The molecule has 0 bridgehead atoms. The number of aliphatic hydroxyl groups excluding tert-OH is 1. The maximum atomic E-state index is 11.8. The van der Waals surface area contributed by atoms with Crippen molar-refractivity contribution in [3.63, 3.8) is 0 Å². The van der Waals surface area contributed by atoms with Crippen molar-refractivity contribution in [3.8, 4) is 0 Å². The summed E-state index contributed by atoms with van der Waals surface area (Å²) < 4.78 is 0. The standard InChI is InChI=1S/C15H18N2O3/c18-9-17-14(20)11-2-1-10-3-4-15(6-12(10)5-11)7-13(19)16-8-15/h1-2,5,18H,3-4,6-9H2,(H,16,19)(H,17,20)/t15-/m0/s1. The lowest BCUT2D eigenvalue weighted by Gasteiger charge is -2.33. The number of rotatable bonds is 2. The molecule has 2 amide bonds. The number of carbonyl (C=O) groups is 2. The monoisotopic (exact) mass is 274 g/mol. The van der Waals surface area contributed by atoms with Crippen LogP contribution in [0.1, 0.15) is 34.3 Å². The van der Waals surface area contributed by atoms with Gasteiger partial charge in [-0.3, -0.25) is 9.59 Å². The predicted octanol–water partition coefficient (Wildman–Crippen LogP) is 0.361. The SMILES string of the molecule is O=C1C[C@@]2(CCc3ccc(C(=O)NCO)cc3C2)CN1. The Hall–Kier alpha value is -1.88. The molecule has 3 rings (SSSR count). The first-order valence-corrected chi connectivity index (χ1v) is 6.89. The Morgan fingerprint density at radius 1 is 1.35 bits per heavy atom. The molecule has 1 aromatic rings. The molecule has 1 heterocycles. The van der Waals surface area contributed by atoms with E-state index in [0.29, 0.717) is 12.0 Å². The number of aryl methyl sites for hydroxylation is 1. The summed E-state index contributed by atoms with van der Waals surface area (Å²) in [4.78, 5) is 23.2. The number of carbonyl (C=O) groups excluding carboxylic acids is 2. The van der Waals surface area contributed by atoms with Crippen LogP contribution < -0.4 is 10.6 Å². The van der Waals surface area contributed by atoms with Gasteiger partial charge in [0.05, 0.1) is 0 Å². The van der Waals surface area contributed by atoms with E-state index in [-0.39, 0.29) is 24.0 Å². The van der Waals surface area contributed by atoms with Gasteiger partial charge in [0.1, 0.15) is 6.73 Å². The fourth-order valence-electron chi connectivity index (χ4n) is 3.30. The van der Waals surface area contributed by atoms with Crippen molar-refractivity contribution in [2.24, 2.45) is 5.41 Å². The van der Waals surface area contributed by atoms with Gasteiger partial charge < -0.3 is 15.7 Å². The highest BCUT2D eigenvalue weighted by Gasteiger charge is 2.40. The van der Waals surface area contributed by atoms with E-state index in [2.05, 4.69) is 10.6 Å². The summed E-state index contributed by atoms with van der Waals surface area (Å²) in [6.45, 7) is 0.372. The molecule has 5 heteroatoms. The summed E-state index contributed by atoms with van der Waals surface area (Å²) in [6, 6.07) is 5.67. The number of fused-ring (bicyclic) bond motifs is 1. The van der Waals surface area contributed by atoms with Gasteiger partial charge in [0, 0.05) is 23.9 Å². The zero-order valence-corrected chi connectivity index (χ0v) is 11.2. The highest BCUT2D eigenvalue weighted by atomic mass is 16.3. The molecular formula is C15H18N2O3. The smallest absolute Gasteiger partial charge is 0.253 e. The number of amides is 2. The van der Waals surface area contributed by atoms with Crippen molar-refractivity contribution in [1.29, 1.82) is 0 Å². The van der Waals surface area contributed by atoms with Gasteiger partial charge in [-0.25, -0.2) is 0 Å². The third-order valence-electron chi connectivity index (χ3n) is 4.39. The van der Waals surface area contributed by atoms with Crippen LogP contribution in [0, 0.1) is 5.41 Å². The minimum absolute atomic E-state index is 0.0240. The fourth-order valence-corrected chi connectivity index (χ4v) is 3.30. The van der Waals surface area contributed by atoms with Crippen LogP contribution in [-0.4, -0.2) is 30.2 Å². The first-order valence-electron chi connectivity index (χ1n) is 6.89. The second-order valence-electron chi connectivity index (χ2n) is 5.78. The van der Waals surface area contributed by atoms with E-state index >= 15 is 0 Å². The van der Waals surface area contributed by atoms with Gasteiger partial charge in [0.2, 0.25) is 5.91 Å². The van der Waals surface area contributed by atoms with Crippen molar-refractivity contribution < 1.29 is 14.7 Å². The fraction of sp³-hybridized carbons (Fsp3) is 0.467. The zero-order valence-electron chi connectivity index (χ0n) is 11.2. The Morgan fingerprint density at radius 3 is 2.90 bits per heavy atom. The van der Waals surface area contributed by atoms with E-state index in [1.54, 1.807) is 6.07 Å². The molecule has 0 radical (unpaired) electrons.